The second-order valence-corrected chi connectivity index (χ2v) is 7.65. The Kier molecular flexibility index (Phi) is 4.39. The minimum atomic E-state index is -0.236. The Labute approximate surface area is 129 Å². The van der Waals surface area contributed by atoms with E-state index in [1.165, 1.54) is 11.1 Å². The molecular formula is C19H30O2. The molecule has 2 heteroatoms. The van der Waals surface area contributed by atoms with Crippen LogP contribution in [0.5, 0.6) is 5.75 Å². The van der Waals surface area contributed by atoms with Crippen LogP contribution in [0.3, 0.4) is 0 Å². The van der Waals surface area contributed by atoms with Crippen LogP contribution in [0.2, 0.25) is 0 Å². The summed E-state index contributed by atoms with van der Waals surface area (Å²) in [7, 11) is 0. The van der Waals surface area contributed by atoms with E-state index in [1.54, 1.807) is 0 Å². The first-order chi connectivity index (χ1) is 9.72. The van der Waals surface area contributed by atoms with Gasteiger partial charge in [-0.15, -0.1) is 0 Å². The Balaban J connectivity index is 2.29. The van der Waals surface area contributed by atoms with Crippen molar-refractivity contribution in [3.8, 4) is 5.75 Å². The van der Waals surface area contributed by atoms with E-state index in [1.807, 2.05) is 0 Å². The third-order valence-electron chi connectivity index (χ3n) is 5.23. The zero-order valence-electron chi connectivity index (χ0n) is 14.4. The molecule has 3 unspecified atom stereocenters. The van der Waals surface area contributed by atoms with E-state index in [-0.39, 0.29) is 23.0 Å². The lowest BCUT2D eigenvalue weighted by Gasteiger charge is -2.50. The number of aryl methyl sites for hydroxylation is 1. The third-order valence-corrected chi connectivity index (χ3v) is 5.23. The number of hydrogen-bond donors (Lipinski definition) is 1. The zero-order valence-corrected chi connectivity index (χ0v) is 14.4. The monoisotopic (exact) mass is 290 g/mol. The van der Waals surface area contributed by atoms with Crippen molar-refractivity contribution in [2.45, 2.75) is 78.4 Å². The Bertz CT molecular complexity index is 501. The van der Waals surface area contributed by atoms with Crippen LogP contribution >= 0.6 is 0 Å². The van der Waals surface area contributed by atoms with Gasteiger partial charge >= 0.3 is 0 Å². The van der Waals surface area contributed by atoms with Crippen LogP contribution in [-0.4, -0.2) is 17.3 Å². The maximum atomic E-state index is 10.0. The van der Waals surface area contributed by atoms with Crippen molar-refractivity contribution in [3.05, 3.63) is 29.3 Å². The van der Waals surface area contributed by atoms with Crippen molar-refractivity contribution in [2.75, 3.05) is 0 Å². The summed E-state index contributed by atoms with van der Waals surface area (Å²) in [6.07, 6.45) is 2.60. The molecule has 0 radical (unpaired) electrons. The standard InChI is InChI=1S/C19H30O2/c1-7-13-9-10-15(14(11-13)18(3,4)5)21-17-12-16(20)19(17,6)8-2/h9-11,16-17,20H,7-8,12H2,1-6H3. The number of aliphatic hydroxyl groups is 1. The van der Waals surface area contributed by atoms with Gasteiger partial charge in [0.1, 0.15) is 11.9 Å². The van der Waals surface area contributed by atoms with Crippen LogP contribution in [0.25, 0.3) is 0 Å². The van der Waals surface area contributed by atoms with E-state index in [2.05, 4.69) is 59.7 Å². The average Bonchev–Trinajstić information content (AvgIpc) is 2.45. The van der Waals surface area contributed by atoms with Crippen LogP contribution in [0.4, 0.5) is 0 Å². The maximum absolute atomic E-state index is 10.0. The molecule has 1 saturated carbocycles. The number of hydrogen-bond acceptors (Lipinski definition) is 2. The molecular weight excluding hydrogens is 260 g/mol. The van der Waals surface area contributed by atoms with E-state index in [0.29, 0.717) is 0 Å². The number of ether oxygens (including phenoxy) is 1. The van der Waals surface area contributed by atoms with Crippen LogP contribution in [-0.2, 0) is 11.8 Å². The van der Waals surface area contributed by atoms with E-state index in [4.69, 9.17) is 4.74 Å². The summed E-state index contributed by atoms with van der Waals surface area (Å²) in [6.45, 7) is 13.1. The predicted molar refractivity (Wildman–Crippen MR) is 88.0 cm³/mol. The van der Waals surface area contributed by atoms with Crippen LogP contribution < -0.4 is 4.74 Å². The highest BCUT2D eigenvalue weighted by Gasteiger charge is 2.51. The van der Waals surface area contributed by atoms with E-state index < -0.39 is 0 Å². The lowest BCUT2D eigenvalue weighted by Crippen LogP contribution is -2.57. The quantitative estimate of drug-likeness (QED) is 0.886. The SMILES string of the molecule is CCc1ccc(OC2CC(O)C2(C)CC)c(C(C)(C)C)c1. The van der Waals surface area contributed by atoms with Crippen molar-refractivity contribution in [2.24, 2.45) is 5.41 Å². The van der Waals surface area contributed by atoms with Gasteiger partial charge in [-0.1, -0.05) is 53.7 Å². The molecule has 1 fully saturated rings. The molecule has 0 aromatic heterocycles. The highest BCUT2D eigenvalue weighted by molar-refractivity contribution is 5.42. The van der Waals surface area contributed by atoms with Crippen LogP contribution in [0, 0.1) is 5.41 Å². The topological polar surface area (TPSA) is 29.5 Å². The van der Waals surface area contributed by atoms with Crippen molar-refractivity contribution in [3.63, 3.8) is 0 Å². The Morgan fingerprint density at radius 1 is 1.29 bits per heavy atom. The number of benzene rings is 1. The van der Waals surface area contributed by atoms with Crippen LogP contribution in [0.15, 0.2) is 18.2 Å². The summed E-state index contributed by atoms with van der Waals surface area (Å²) in [6, 6.07) is 6.54. The molecule has 1 aromatic carbocycles. The molecule has 0 bridgehead atoms. The fourth-order valence-corrected chi connectivity index (χ4v) is 3.08. The van der Waals surface area contributed by atoms with Gasteiger partial charge in [0, 0.05) is 11.8 Å². The Morgan fingerprint density at radius 3 is 2.43 bits per heavy atom. The summed E-state index contributed by atoms with van der Waals surface area (Å²) in [5.41, 5.74) is 2.56. The fourth-order valence-electron chi connectivity index (χ4n) is 3.08. The molecule has 2 nitrogen and oxygen atoms in total. The molecule has 2 rings (SSSR count). The van der Waals surface area contributed by atoms with Crippen LogP contribution in [0.1, 0.15) is 65.5 Å². The summed E-state index contributed by atoms with van der Waals surface area (Å²) < 4.78 is 6.32. The van der Waals surface area contributed by atoms with Gasteiger partial charge in [-0.3, -0.25) is 0 Å². The minimum absolute atomic E-state index is 0.0610. The van der Waals surface area contributed by atoms with Gasteiger partial charge in [0.15, 0.2) is 0 Å². The van der Waals surface area contributed by atoms with Gasteiger partial charge < -0.3 is 9.84 Å². The smallest absolute Gasteiger partial charge is 0.123 e. The Hall–Kier alpha value is -1.02. The fraction of sp³-hybridized carbons (Fsp3) is 0.684. The molecule has 0 heterocycles. The first kappa shape index (κ1) is 16.4. The van der Waals surface area contributed by atoms with Crippen molar-refractivity contribution < 1.29 is 9.84 Å². The molecule has 0 saturated heterocycles. The normalized spacial score (nSPS) is 29.1. The molecule has 1 aliphatic carbocycles. The lowest BCUT2D eigenvalue weighted by atomic mass is 9.63. The van der Waals surface area contributed by atoms with Gasteiger partial charge in [-0.05, 0) is 35.4 Å². The highest BCUT2D eigenvalue weighted by atomic mass is 16.5. The summed E-state index contributed by atoms with van der Waals surface area (Å²) in [5, 5.41) is 10.0. The summed E-state index contributed by atoms with van der Waals surface area (Å²) >= 11 is 0. The molecule has 21 heavy (non-hydrogen) atoms. The van der Waals surface area contributed by atoms with Crippen molar-refractivity contribution in [1.29, 1.82) is 0 Å². The first-order valence-electron chi connectivity index (χ1n) is 8.20. The molecule has 0 spiro atoms. The van der Waals surface area contributed by atoms with Gasteiger partial charge in [0.2, 0.25) is 0 Å². The molecule has 118 valence electrons. The average molecular weight is 290 g/mol. The van der Waals surface area contributed by atoms with Gasteiger partial charge in [-0.25, -0.2) is 0 Å². The number of aliphatic hydroxyl groups excluding tert-OH is 1. The zero-order chi connectivity index (χ0) is 15.8. The second-order valence-electron chi connectivity index (χ2n) is 7.65. The van der Waals surface area contributed by atoms with Gasteiger partial charge in [0.05, 0.1) is 6.10 Å². The van der Waals surface area contributed by atoms with E-state index in [9.17, 15) is 5.11 Å². The molecule has 1 aromatic rings. The van der Waals surface area contributed by atoms with Gasteiger partial charge in [-0.2, -0.15) is 0 Å². The largest absolute Gasteiger partial charge is 0.489 e. The second kappa shape index (κ2) is 5.64. The molecule has 1 N–H and O–H groups in total. The van der Waals surface area contributed by atoms with Crippen molar-refractivity contribution >= 4 is 0 Å². The van der Waals surface area contributed by atoms with E-state index in [0.717, 1.165) is 25.0 Å². The van der Waals surface area contributed by atoms with E-state index >= 15 is 0 Å². The molecule has 1 aliphatic rings. The summed E-state index contributed by atoms with van der Waals surface area (Å²) in [4.78, 5) is 0. The molecule has 0 amide bonds. The molecule has 3 atom stereocenters. The highest BCUT2D eigenvalue weighted by Crippen LogP contribution is 2.47. The minimum Gasteiger partial charge on any atom is -0.489 e. The lowest BCUT2D eigenvalue weighted by molar-refractivity contribution is -0.147. The number of rotatable bonds is 4. The summed E-state index contributed by atoms with van der Waals surface area (Å²) in [5.74, 6) is 0.983. The maximum Gasteiger partial charge on any atom is 0.123 e. The van der Waals surface area contributed by atoms with Crippen molar-refractivity contribution in [1.82, 2.24) is 0 Å². The van der Waals surface area contributed by atoms with Gasteiger partial charge in [0.25, 0.3) is 0 Å². The molecule has 0 aliphatic heterocycles. The Morgan fingerprint density at radius 2 is 1.95 bits per heavy atom. The third kappa shape index (κ3) is 2.96. The first-order valence-corrected chi connectivity index (χ1v) is 8.20. The predicted octanol–water partition coefficient (Wildman–Crippen LogP) is 4.47.